The molecule has 6 heteroatoms. The van der Waals surface area contributed by atoms with E-state index >= 15 is 0 Å². The summed E-state index contributed by atoms with van der Waals surface area (Å²) in [7, 11) is 0. The van der Waals surface area contributed by atoms with Crippen LogP contribution in [0.5, 0.6) is 0 Å². The van der Waals surface area contributed by atoms with E-state index in [1.54, 1.807) is 0 Å². The highest BCUT2D eigenvalue weighted by atomic mass is 79.9. The Morgan fingerprint density at radius 1 is 1.26 bits per heavy atom. The van der Waals surface area contributed by atoms with Gasteiger partial charge in [0.2, 0.25) is 6.29 Å². The maximum atomic E-state index is 11.4. The Balaban J connectivity index is 1.68. The molecule has 0 radical (unpaired) electrons. The molecule has 102 valence electrons. The summed E-state index contributed by atoms with van der Waals surface area (Å²) in [6, 6.07) is 7.83. The van der Waals surface area contributed by atoms with E-state index in [1.807, 2.05) is 31.2 Å². The van der Waals surface area contributed by atoms with Gasteiger partial charge in [-0.1, -0.05) is 28.1 Å². The van der Waals surface area contributed by atoms with E-state index in [2.05, 4.69) is 21.2 Å². The average molecular weight is 328 g/mol. The van der Waals surface area contributed by atoms with E-state index in [-0.39, 0.29) is 12.3 Å². The fourth-order valence-electron chi connectivity index (χ4n) is 2.30. The maximum Gasteiger partial charge on any atom is 0.408 e. The van der Waals surface area contributed by atoms with Crippen molar-refractivity contribution in [2.75, 3.05) is 0 Å². The molecule has 2 aliphatic heterocycles. The van der Waals surface area contributed by atoms with Crippen molar-refractivity contribution in [1.82, 2.24) is 5.32 Å². The van der Waals surface area contributed by atoms with Gasteiger partial charge in [-0.2, -0.15) is 0 Å². The van der Waals surface area contributed by atoms with Crippen molar-refractivity contribution in [3.8, 4) is 0 Å². The highest BCUT2D eigenvalue weighted by molar-refractivity contribution is 9.10. The number of ether oxygens (including phenoxy) is 3. The number of rotatable bonds is 3. The number of alkyl carbamates (subject to hydrolysis) is 1. The van der Waals surface area contributed by atoms with Gasteiger partial charge in [0.15, 0.2) is 12.4 Å². The van der Waals surface area contributed by atoms with Crippen LogP contribution in [0.25, 0.3) is 0 Å². The molecule has 1 N–H and O–H groups in total. The number of halogens is 1. The van der Waals surface area contributed by atoms with Gasteiger partial charge in [-0.15, -0.1) is 0 Å². The van der Waals surface area contributed by atoms with Gasteiger partial charge in [-0.3, -0.25) is 0 Å². The summed E-state index contributed by atoms with van der Waals surface area (Å²) in [5, 5.41) is 2.80. The molecule has 0 unspecified atom stereocenters. The van der Waals surface area contributed by atoms with E-state index < -0.39 is 18.5 Å². The normalized spacial score (nSPS) is 33.5. The summed E-state index contributed by atoms with van der Waals surface area (Å²) in [6.07, 6.45) is -0.820. The van der Waals surface area contributed by atoms with Crippen molar-refractivity contribution >= 4 is 22.0 Å². The van der Waals surface area contributed by atoms with Gasteiger partial charge >= 0.3 is 6.09 Å². The minimum absolute atomic E-state index is 0.133. The van der Waals surface area contributed by atoms with Crippen LogP contribution in [-0.4, -0.2) is 30.8 Å². The third-order valence-corrected chi connectivity index (χ3v) is 3.76. The van der Waals surface area contributed by atoms with Gasteiger partial charge in [-0.25, -0.2) is 4.79 Å². The number of benzene rings is 1. The molecule has 0 bridgehead atoms. The molecule has 2 aliphatic rings. The summed E-state index contributed by atoms with van der Waals surface area (Å²) in [5.74, 6) is 0. The minimum atomic E-state index is -0.464. The molecule has 2 saturated heterocycles. The highest BCUT2D eigenvalue weighted by Gasteiger charge is 2.46. The second-order valence-electron chi connectivity index (χ2n) is 4.66. The maximum absolute atomic E-state index is 11.4. The number of hydrogen-bond donors (Lipinski definition) is 1. The summed E-state index contributed by atoms with van der Waals surface area (Å²) < 4.78 is 17.1. The third kappa shape index (κ3) is 2.75. The van der Waals surface area contributed by atoms with Crippen LogP contribution >= 0.6 is 15.9 Å². The van der Waals surface area contributed by atoms with Crippen molar-refractivity contribution in [3.63, 3.8) is 0 Å². The molecule has 2 atom stereocenters. The lowest BCUT2D eigenvalue weighted by Gasteiger charge is -2.37. The summed E-state index contributed by atoms with van der Waals surface area (Å²) >= 11 is 3.40. The summed E-state index contributed by atoms with van der Waals surface area (Å²) in [5.41, 5.74) is 1.12. The first kappa shape index (κ1) is 12.9. The predicted molar refractivity (Wildman–Crippen MR) is 70.5 cm³/mol. The predicted octanol–water partition coefficient (Wildman–Crippen LogP) is 2.19. The van der Waals surface area contributed by atoms with E-state index in [0.717, 1.165) is 10.0 Å². The van der Waals surface area contributed by atoms with Gasteiger partial charge in [0.05, 0.1) is 6.04 Å². The second kappa shape index (κ2) is 5.11. The fraction of sp³-hybridized carbons (Fsp3) is 0.462. The van der Waals surface area contributed by atoms with Crippen molar-refractivity contribution in [2.24, 2.45) is 0 Å². The van der Waals surface area contributed by atoms with Crippen LogP contribution in [0.3, 0.4) is 0 Å². The molecule has 1 aromatic rings. The number of amides is 1. The lowest BCUT2D eigenvalue weighted by atomic mass is 10.0. The largest absolute Gasteiger partial charge is 0.439 e. The standard InChI is InChI=1S/C13H14BrNO4/c1-7-17-12(18-7)11-10(15-13(16)19-11)6-8-2-4-9(14)5-3-8/h2-5,7,10-12H,6H2,1H3,(H,15,16)/t7?,10-,11+,12?/m1/s1. The van der Waals surface area contributed by atoms with Gasteiger partial charge in [0, 0.05) is 4.47 Å². The molecule has 19 heavy (non-hydrogen) atoms. The van der Waals surface area contributed by atoms with Crippen molar-refractivity contribution in [3.05, 3.63) is 34.3 Å². The molecular formula is C13H14BrNO4. The van der Waals surface area contributed by atoms with Gasteiger partial charge in [-0.05, 0) is 31.0 Å². The molecule has 0 spiro atoms. The third-order valence-electron chi connectivity index (χ3n) is 3.23. The van der Waals surface area contributed by atoms with Crippen LogP contribution in [0.4, 0.5) is 4.79 Å². The lowest BCUT2D eigenvalue weighted by molar-refractivity contribution is -0.396. The Morgan fingerprint density at radius 2 is 1.95 bits per heavy atom. The molecule has 1 amide bonds. The van der Waals surface area contributed by atoms with E-state index in [1.165, 1.54) is 0 Å². The Labute approximate surface area is 119 Å². The zero-order valence-corrected chi connectivity index (χ0v) is 11.9. The van der Waals surface area contributed by atoms with Crippen LogP contribution < -0.4 is 5.32 Å². The zero-order chi connectivity index (χ0) is 13.4. The average Bonchev–Trinajstić information content (AvgIpc) is 2.69. The molecule has 0 aliphatic carbocycles. The number of carbonyl (C=O) groups is 1. The minimum Gasteiger partial charge on any atom is -0.439 e. The Kier molecular flexibility index (Phi) is 3.47. The van der Waals surface area contributed by atoms with Gasteiger partial charge in [0.25, 0.3) is 0 Å². The van der Waals surface area contributed by atoms with Crippen LogP contribution in [-0.2, 0) is 20.6 Å². The van der Waals surface area contributed by atoms with Crippen molar-refractivity contribution in [2.45, 2.75) is 38.1 Å². The topological polar surface area (TPSA) is 56.8 Å². The molecule has 3 rings (SSSR count). The lowest BCUT2D eigenvalue weighted by Crippen LogP contribution is -2.52. The molecule has 5 nitrogen and oxygen atoms in total. The molecule has 2 heterocycles. The molecule has 2 fully saturated rings. The monoisotopic (exact) mass is 327 g/mol. The first-order chi connectivity index (χ1) is 9.11. The number of nitrogens with one attached hydrogen (secondary N) is 1. The first-order valence-electron chi connectivity index (χ1n) is 6.14. The SMILES string of the molecule is CC1OC([C@H]2OC(=O)N[C@@H]2Cc2ccc(Br)cc2)O1. The highest BCUT2D eigenvalue weighted by Crippen LogP contribution is 2.27. The number of cyclic esters (lactones) is 1. The first-order valence-corrected chi connectivity index (χ1v) is 6.93. The summed E-state index contributed by atoms with van der Waals surface area (Å²) in [6.45, 7) is 1.81. The molecular weight excluding hydrogens is 314 g/mol. The van der Waals surface area contributed by atoms with Crippen LogP contribution in [0, 0.1) is 0 Å². The van der Waals surface area contributed by atoms with Crippen molar-refractivity contribution < 1.29 is 19.0 Å². The Morgan fingerprint density at radius 3 is 2.58 bits per heavy atom. The van der Waals surface area contributed by atoms with Gasteiger partial charge < -0.3 is 19.5 Å². The molecule has 0 aromatic heterocycles. The number of hydrogen-bond acceptors (Lipinski definition) is 4. The molecule has 0 saturated carbocycles. The van der Waals surface area contributed by atoms with Crippen LogP contribution in [0.15, 0.2) is 28.7 Å². The van der Waals surface area contributed by atoms with E-state index in [0.29, 0.717) is 6.42 Å². The van der Waals surface area contributed by atoms with E-state index in [9.17, 15) is 4.79 Å². The number of carbonyl (C=O) groups excluding carboxylic acids is 1. The second-order valence-corrected chi connectivity index (χ2v) is 5.58. The fourth-order valence-corrected chi connectivity index (χ4v) is 2.57. The van der Waals surface area contributed by atoms with Crippen LogP contribution in [0.1, 0.15) is 12.5 Å². The van der Waals surface area contributed by atoms with Gasteiger partial charge in [0.1, 0.15) is 0 Å². The Hall–Kier alpha value is -1.11. The Bertz CT molecular complexity index is 472. The molecule has 1 aromatic carbocycles. The van der Waals surface area contributed by atoms with E-state index in [4.69, 9.17) is 14.2 Å². The smallest absolute Gasteiger partial charge is 0.408 e. The summed E-state index contributed by atoms with van der Waals surface area (Å²) in [4.78, 5) is 11.4. The zero-order valence-electron chi connectivity index (χ0n) is 10.3. The van der Waals surface area contributed by atoms with Crippen molar-refractivity contribution in [1.29, 1.82) is 0 Å². The van der Waals surface area contributed by atoms with Crippen LogP contribution in [0.2, 0.25) is 0 Å². The quantitative estimate of drug-likeness (QED) is 0.924.